The van der Waals surface area contributed by atoms with Gasteiger partial charge in [0.1, 0.15) is 34.7 Å². The second kappa shape index (κ2) is 28.0. The molecule has 0 aliphatic rings. The first-order valence-corrected chi connectivity index (χ1v) is 26.2. The fourth-order valence-electron chi connectivity index (χ4n) is 8.97. The largest absolute Gasteiger partial charge is 0.493 e. The molecule has 0 aliphatic heterocycles. The fourth-order valence-corrected chi connectivity index (χ4v) is 9.46. The standard InChI is InChI=1S/C39H37F2NO5.C25H25ClFNO4/c1-4-45-39(44)38(43)36-26(3)42-25(2)35(29-9-17-33(18-10-29)46-23-21-27-5-13-31(40)14-6-27)37(36)30-11-19-34(20-12-30)47-24-22-28-7-15-32(41)16-8-28;1-4-31-25(30)24(29)22-16(3)28-15(2)21(23(22)26)18-7-11-20(12-8-18)32-14-13-17-5-9-19(27)10-6-17/h5-20,38,43H,4,21-24H2,1-3H3;5-12,24,29H,4,13-14H2,1-3H3/t38-;24-/m00/s1. The Balaban J connectivity index is 0.000000246. The number of carbonyl (C=O) groups excluding carboxylic acids is 2. The number of rotatable bonds is 21. The molecule has 0 saturated heterocycles. The van der Waals surface area contributed by atoms with Gasteiger partial charge in [-0.25, -0.2) is 22.8 Å². The van der Waals surface area contributed by atoms with Crippen LogP contribution in [-0.4, -0.2) is 65.2 Å². The van der Waals surface area contributed by atoms with Gasteiger partial charge in [-0.1, -0.05) is 84.4 Å². The molecule has 0 spiro atoms. The molecule has 410 valence electrons. The Bertz CT molecular complexity index is 3310. The molecule has 0 amide bonds. The van der Waals surface area contributed by atoms with Gasteiger partial charge in [0, 0.05) is 64.3 Å². The number of aromatic nitrogens is 2. The summed E-state index contributed by atoms with van der Waals surface area (Å²) in [6.07, 6.45) is -1.14. The van der Waals surface area contributed by atoms with E-state index in [1.807, 2.05) is 86.6 Å². The van der Waals surface area contributed by atoms with E-state index in [9.17, 15) is 33.0 Å². The Kier molecular flexibility index (Phi) is 20.8. The molecule has 0 aliphatic carbocycles. The molecule has 2 N–H and O–H groups in total. The zero-order chi connectivity index (χ0) is 56.6. The quantitative estimate of drug-likeness (QED) is 0.0663. The summed E-state index contributed by atoms with van der Waals surface area (Å²) in [6, 6.07) is 41.4. The lowest BCUT2D eigenvalue weighted by molar-refractivity contribution is -0.154. The second-order valence-electron chi connectivity index (χ2n) is 18.4. The summed E-state index contributed by atoms with van der Waals surface area (Å²) in [5.74, 6) is -0.330. The average molecular weight is 1100 g/mol. The molecule has 79 heavy (non-hydrogen) atoms. The number of benzene rings is 6. The normalized spacial score (nSPS) is 11.7. The predicted octanol–water partition coefficient (Wildman–Crippen LogP) is 13.5. The van der Waals surface area contributed by atoms with Crippen molar-refractivity contribution in [2.24, 2.45) is 0 Å². The Morgan fingerprint density at radius 2 is 0.747 bits per heavy atom. The minimum absolute atomic E-state index is 0.128. The van der Waals surface area contributed by atoms with Gasteiger partial charge in [0.25, 0.3) is 0 Å². The second-order valence-corrected chi connectivity index (χ2v) is 18.8. The number of aryl methyl sites for hydroxylation is 4. The molecule has 6 aromatic carbocycles. The maximum absolute atomic E-state index is 13.2. The number of hydrogen-bond acceptors (Lipinski definition) is 11. The molecule has 11 nitrogen and oxygen atoms in total. The minimum atomic E-state index is -1.54. The van der Waals surface area contributed by atoms with Crippen LogP contribution in [0.3, 0.4) is 0 Å². The van der Waals surface area contributed by atoms with Crippen LogP contribution in [-0.2, 0) is 38.3 Å². The fraction of sp³-hybridized carbons (Fsp3) is 0.250. The third-order valence-electron chi connectivity index (χ3n) is 12.9. The van der Waals surface area contributed by atoms with Gasteiger partial charge in [0.05, 0.1) is 38.1 Å². The first kappa shape index (κ1) is 58.6. The van der Waals surface area contributed by atoms with E-state index in [1.54, 1.807) is 64.1 Å². The molecule has 0 bridgehead atoms. The van der Waals surface area contributed by atoms with Gasteiger partial charge >= 0.3 is 11.9 Å². The van der Waals surface area contributed by atoms with Crippen LogP contribution in [0, 0.1) is 45.1 Å². The maximum Gasteiger partial charge on any atom is 0.339 e. The lowest BCUT2D eigenvalue weighted by Gasteiger charge is -2.22. The molecule has 0 saturated carbocycles. The predicted molar refractivity (Wildman–Crippen MR) is 299 cm³/mol. The number of aliphatic hydroxyl groups excluding tert-OH is 2. The van der Waals surface area contributed by atoms with Crippen molar-refractivity contribution in [3.63, 3.8) is 0 Å². The SMILES string of the molecule is CCOC(=O)[C@@H](O)c1c(C)nc(C)c(-c2ccc(OCCc3ccc(F)cc3)cc2)c1-c1ccc(OCCc2ccc(F)cc2)cc1.CCOC(=O)[C@@H](O)c1c(C)nc(C)c(-c2ccc(OCCc3ccc(F)cc3)cc2)c1Cl. The van der Waals surface area contributed by atoms with Gasteiger partial charge in [0.15, 0.2) is 12.2 Å². The molecule has 0 radical (unpaired) electrons. The molecular formula is C64H62ClF3N2O9. The molecule has 8 aromatic rings. The number of ether oxygens (including phenoxy) is 5. The van der Waals surface area contributed by atoms with E-state index in [0.29, 0.717) is 90.1 Å². The van der Waals surface area contributed by atoms with Crippen molar-refractivity contribution in [2.75, 3.05) is 33.0 Å². The van der Waals surface area contributed by atoms with E-state index in [2.05, 4.69) is 4.98 Å². The van der Waals surface area contributed by atoms with Crippen LogP contribution in [0.1, 0.15) is 76.6 Å². The van der Waals surface area contributed by atoms with E-state index in [1.165, 1.54) is 36.4 Å². The van der Waals surface area contributed by atoms with Crippen molar-refractivity contribution in [3.8, 4) is 50.6 Å². The van der Waals surface area contributed by atoms with Gasteiger partial charge in [0.2, 0.25) is 0 Å². The number of aliphatic hydroxyl groups is 2. The zero-order valence-corrected chi connectivity index (χ0v) is 45.6. The molecular weight excluding hydrogens is 1030 g/mol. The molecule has 15 heteroatoms. The molecule has 8 rings (SSSR count). The van der Waals surface area contributed by atoms with Crippen LogP contribution in [0.25, 0.3) is 33.4 Å². The van der Waals surface area contributed by atoms with Crippen LogP contribution in [0.2, 0.25) is 5.02 Å². The number of esters is 2. The Labute approximate surface area is 463 Å². The van der Waals surface area contributed by atoms with Crippen molar-refractivity contribution < 1.29 is 56.7 Å². The van der Waals surface area contributed by atoms with E-state index in [-0.39, 0.29) is 41.3 Å². The molecule has 0 unspecified atom stereocenters. The third-order valence-corrected chi connectivity index (χ3v) is 13.3. The number of halogens is 4. The first-order valence-electron chi connectivity index (χ1n) is 25.8. The Hall–Kier alpha value is -8.04. The molecule has 2 aromatic heterocycles. The van der Waals surface area contributed by atoms with E-state index in [4.69, 9.17) is 40.3 Å². The van der Waals surface area contributed by atoms with Crippen molar-refractivity contribution in [3.05, 3.63) is 219 Å². The smallest absolute Gasteiger partial charge is 0.339 e. The van der Waals surface area contributed by atoms with Crippen LogP contribution in [0.15, 0.2) is 146 Å². The summed E-state index contributed by atoms with van der Waals surface area (Å²) in [5, 5.41) is 22.0. The van der Waals surface area contributed by atoms with Gasteiger partial charge in [-0.2, -0.15) is 0 Å². The van der Waals surface area contributed by atoms with Gasteiger partial charge in [-0.15, -0.1) is 0 Å². The summed E-state index contributed by atoms with van der Waals surface area (Å²) in [4.78, 5) is 34.1. The highest BCUT2D eigenvalue weighted by Gasteiger charge is 2.30. The highest BCUT2D eigenvalue weighted by molar-refractivity contribution is 6.34. The van der Waals surface area contributed by atoms with Crippen LogP contribution >= 0.6 is 11.6 Å². The molecule has 2 atom stereocenters. The Morgan fingerprint density at radius 1 is 0.443 bits per heavy atom. The van der Waals surface area contributed by atoms with Crippen molar-refractivity contribution in [1.82, 2.24) is 9.97 Å². The van der Waals surface area contributed by atoms with Crippen LogP contribution < -0.4 is 14.2 Å². The summed E-state index contributed by atoms with van der Waals surface area (Å²) in [6.45, 7) is 12.1. The average Bonchev–Trinajstić information content (AvgIpc) is 3.49. The monoisotopic (exact) mass is 1090 g/mol. The topological polar surface area (TPSA) is 147 Å². The van der Waals surface area contributed by atoms with Gasteiger partial charge in [-0.05, 0) is 153 Å². The van der Waals surface area contributed by atoms with Crippen molar-refractivity contribution in [1.29, 1.82) is 0 Å². The zero-order valence-electron chi connectivity index (χ0n) is 44.8. The van der Waals surface area contributed by atoms with E-state index >= 15 is 0 Å². The highest BCUT2D eigenvalue weighted by atomic mass is 35.5. The maximum atomic E-state index is 13.2. The number of pyridine rings is 2. The summed E-state index contributed by atoms with van der Waals surface area (Å²) in [5.41, 5.74) is 10.4. The van der Waals surface area contributed by atoms with Crippen LogP contribution in [0.4, 0.5) is 13.2 Å². The summed E-state index contributed by atoms with van der Waals surface area (Å²) >= 11 is 6.63. The minimum Gasteiger partial charge on any atom is -0.493 e. The third kappa shape index (κ3) is 15.6. The lowest BCUT2D eigenvalue weighted by atomic mass is 9.87. The van der Waals surface area contributed by atoms with Gasteiger partial charge in [-0.3, -0.25) is 9.97 Å². The lowest BCUT2D eigenvalue weighted by Crippen LogP contribution is -2.19. The number of carbonyl (C=O) groups is 2. The molecule has 2 heterocycles. The summed E-state index contributed by atoms with van der Waals surface area (Å²) in [7, 11) is 0. The summed E-state index contributed by atoms with van der Waals surface area (Å²) < 4.78 is 67.3. The van der Waals surface area contributed by atoms with Crippen molar-refractivity contribution in [2.45, 2.75) is 73.0 Å². The van der Waals surface area contributed by atoms with Crippen molar-refractivity contribution >= 4 is 23.5 Å². The van der Waals surface area contributed by atoms with Gasteiger partial charge < -0.3 is 33.9 Å². The highest BCUT2D eigenvalue weighted by Crippen LogP contribution is 2.42. The number of nitrogens with zero attached hydrogens (tertiary/aromatic N) is 2. The first-order chi connectivity index (χ1) is 38.0. The number of hydrogen-bond donors (Lipinski definition) is 2. The van der Waals surface area contributed by atoms with E-state index < -0.39 is 24.1 Å². The van der Waals surface area contributed by atoms with E-state index in [0.717, 1.165) is 44.6 Å². The Morgan fingerprint density at radius 3 is 1.10 bits per heavy atom. The molecule has 0 fully saturated rings. The van der Waals surface area contributed by atoms with Crippen LogP contribution in [0.5, 0.6) is 17.2 Å².